The molecule has 0 spiro atoms. The van der Waals surface area contributed by atoms with Crippen LogP contribution in [-0.2, 0) is 0 Å². The lowest BCUT2D eigenvalue weighted by molar-refractivity contribution is 0.0701. The Labute approximate surface area is 134 Å². The zero-order valence-electron chi connectivity index (χ0n) is 13.1. The van der Waals surface area contributed by atoms with Gasteiger partial charge in [0.25, 0.3) is 5.91 Å². The Morgan fingerprint density at radius 2 is 2.00 bits per heavy atom. The van der Waals surface area contributed by atoms with E-state index in [1.807, 2.05) is 36.1 Å². The zero-order chi connectivity index (χ0) is 15.8. The number of furan rings is 1. The van der Waals surface area contributed by atoms with Gasteiger partial charge < -0.3 is 18.8 Å². The number of ether oxygens (including phenoxy) is 2. The van der Waals surface area contributed by atoms with E-state index in [0.717, 1.165) is 42.0 Å². The van der Waals surface area contributed by atoms with E-state index in [9.17, 15) is 4.79 Å². The Kier molecular flexibility index (Phi) is 3.48. The number of hydrogen-bond donors (Lipinski definition) is 0. The van der Waals surface area contributed by atoms with Gasteiger partial charge in [0.1, 0.15) is 13.2 Å². The number of rotatable bonds is 2. The highest BCUT2D eigenvalue weighted by atomic mass is 16.6. The third kappa shape index (κ3) is 2.46. The number of amides is 1. The first-order valence-electron chi connectivity index (χ1n) is 7.98. The van der Waals surface area contributed by atoms with Gasteiger partial charge in [-0.2, -0.15) is 0 Å². The summed E-state index contributed by atoms with van der Waals surface area (Å²) in [7, 11) is 0. The summed E-state index contributed by atoms with van der Waals surface area (Å²) < 4.78 is 16.6. The topological polar surface area (TPSA) is 51.9 Å². The summed E-state index contributed by atoms with van der Waals surface area (Å²) in [6.07, 6.45) is 3.51. The number of nitrogens with zero attached hydrogens (tertiary/aromatic N) is 1. The molecule has 1 atom stereocenters. The molecule has 1 aromatic carbocycles. The summed E-state index contributed by atoms with van der Waals surface area (Å²) in [5.41, 5.74) is 1.96. The smallest absolute Gasteiger partial charge is 0.290 e. The molecule has 0 aliphatic carbocycles. The second kappa shape index (κ2) is 5.65. The molecule has 2 aliphatic heterocycles. The average Bonchev–Trinajstić information content (AvgIpc) is 3.22. The fourth-order valence-corrected chi connectivity index (χ4v) is 3.35. The molecule has 0 saturated carbocycles. The quantitative estimate of drug-likeness (QED) is 0.853. The molecule has 1 amide bonds. The third-order valence-corrected chi connectivity index (χ3v) is 4.52. The predicted octanol–water partition coefficient (Wildman–Crippen LogP) is 3.34. The van der Waals surface area contributed by atoms with E-state index in [0.29, 0.717) is 19.0 Å². The van der Waals surface area contributed by atoms with Crippen LogP contribution in [0.15, 0.2) is 34.9 Å². The molecule has 120 valence electrons. The van der Waals surface area contributed by atoms with Crippen molar-refractivity contribution >= 4 is 5.91 Å². The van der Waals surface area contributed by atoms with E-state index in [1.165, 1.54) is 0 Å². The van der Waals surface area contributed by atoms with Crippen molar-refractivity contribution in [2.45, 2.75) is 25.8 Å². The van der Waals surface area contributed by atoms with Crippen LogP contribution >= 0.6 is 0 Å². The summed E-state index contributed by atoms with van der Waals surface area (Å²) in [4.78, 5) is 14.7. The van der Waals surface area contributed by atoms with Gasteiger partial charge in [0.2, 0.25) is 0 Å². The Morgan fingerprint density at radius 3 is 2.78 bits per heavy atom. The molecule has 0 radical (unpaired) electrons. The van der Waals surface area contributed by atoms with Crippen LogP contribution in [0.5, 0.6) is 11.5 Å². The molecule has 2 aliphatic rings. The van der Waals surface area contributed by atoms with Crippen LogP contribution in [0.25, 0.3) is 0 Å². The van der Waals surface area contributed by atoms with Crippen LogP contribution in [0.3, 0.4) is 0 Å². The zero-order valence-corrected chi connectivity index (χ0v) is 13.1. The van der Waals surface area contributed by atoms with Crippen molar-refractivity contribution in [3.8, 4) is 11.5 Å². The number of hydrogen-bond acceptors (Lipinski definition) is 4. The van der Waals surface area contributed by atoms with Crippen molar-refractivity contribution in [3.05, 3.63) is 47.4 Å². The van der Waals surface area contributed by atoms with Crippen LogP contribution in [0.4, 0.5) is 0 Å². The van der Waals surface area contributed by atoms with Gasteiger partial charge in [-0.25, -0.2) is 0 Å². The maximum atomic E-state index is 12.8. The van der Waals surface area contributed by atoms with Gasteiger partial charge in [-0.3, -0.25) is 4.79 Å². The number of fused-ring (bicyclic) bond motifs is 1. The van der Waals surface area contributed by atoms with Crippen LogP contribution in [0, 0.1) is 6.92 Å². The first-order valence-corrected chi connectivity index (χ1v) is 7.98. The predicted molar refractivity (Wildman–Crippen MR) is 83.9 cm³/mol. The first-order chi connectivity index (χ1) is 11.2. The highest BCUT2D eigenvalue weighted by molar-refractivity contribution is 5.93. The van der Waals surface area contributed by atoms with Gasteiger partial charge in [0, 0.05) is 12.1 Å². The summed E-state index contributed by atoms with van der Waals surface area (Å²) in [5.74, 6) is 1.94. The molecular weight excluding hydrogens is 294 g/mol. The standard InChI is InChI=1S/C18H19NO4/c1-12-6-8-23-17(12)18(20)19-7-2-3-14(19)13-4-5-15-16(11-13)22-10-9-21-15/h4-6,8,11,14H,2-3,7,9-10H2,1H3/t14-/m0/s1. The van der Waals surface area contributed by atoms with Crippen molar-refractivity contribution in [2.75, 3.05) is 19.8 Å². The maximum Gasteiger partial charge on any atom is 0.290 e. The monoisotopic (exact) mass is 313 g/mol. The third-order valence-electron chi connectivity index (χ3n) is 4.52. The van der Waals surface area contributed by atoms with E-state index in [1.54, 1.807) is 6.26 Å². The van der Waals surface area contributed by atoms with Crippen LogP contribution in [-0.4, -0.2) is 30.6 Å². The highest BCUT2D eigenvalue weighted by Gasteiger charge is 2.33. The van der Waals surface area contributed by atoms with Crippen LogP contribution < -0.4 is 9.47 Å². The molecule has 0 N–H and O–H groups in total. The van der Waals surface area contributed by atoms with Gasteiger partial charge >= 0.3 is 0 Å². The second-order valence-electron chi connectivity index (χ2n) is 5.99. The minimum atomic E-state index is -0.0371. The normalized spacial score (nSPS) is 19.9. The molecule has 1 fully saturated rings. The molecule has 5 heteroatoms. The van der Waals surface area contributed by atoms with Crippen molar-refractivity contribution in [3.63, 3.8) is 0 Å². The van der Waals surface area contributed by atoms with Gasteiger partial charge in [-0.1, -0.05) is 6.07 Å². The molecule has 3 heterocycles. The summed E-state index contributed by atoms with van der Waals surface area (Å²) >= 11 is 0. The van der Waals surface area contributed by atoms with Gasteiger partial charge in [0.15, 0.2) is 17.3 Å². The van der Waals surface area contributed by atoms with Crippen LogP contribution in [0.1, 0.15) is 40.6 Å². The molecule has 0 unspecified atom stereocenters. The molecular formula is C18H19NO4. The lowest BCUT2D eigenvalue weighted by Gasteiger charge is -2.26. The highest BCUT2D eigenvalue weighted by Crippen LogP contribution is 2.38. The van der Waals surface area contributed by atoms with E-state index >= 15 is 0 Å². The van der Waals surface area contributed by atoms with Crippen molar-refractivity contribution < 1.29 is 18.7 Å². The molecule has 1 aromatic heterocycles. The number of carbonyl (C=O) groups excluding carboxylic acids is 1. The molecule has 5 nitrogen and oxygen atoms in total. The van der Waals surface area contributed by atoms with E-state index < -0.39 is 0 Å². The summed E-state index contributed by atoms with van der Waals surface area (Å²) in [6.45, 7) is 3.79. The van der Waals surface area contributed by atoms with E-state index in [4.69, 9.17) is 13.9 Å². The Bertz CT molecular complexity index is 736. The van der Waals surface area contributed by atoms with Crippen molar-refractivity contribution in [2.24, 2.45) is 0 Å². The lowest BCUT2D eigenvalue weighted by Crippen LogP contribution is -2.30. The molecule has 23 heavy (non-hydrogen) atoms. The molecule has 0 bridgehead atoms. The summed E-state index contributed by atoms with van der Waals surface area (Å²) in [6, 6.07) is 7.84. The largest absolute Gasteiger partial charge is 0.486 e. The fourth-order valence-electron chi connectivity index (χ4n) is 3.35. The average molecular weight is 313 g/mol. The Morgan fingerprint density at radius 1 is 1.17 bits per heavy atom. The molecule has 4 rings (SSSR count). The molecule has 2 aromatic rings. The summed E-state index contributed by atoms with van der Waals surface area (Å²) in [5, 5.41) is 0. The maximum absolute atomic E-state index is 12.8. The number of carbonyl (C=O) groups is 1. The SMILES string of the molecule is Cc1ccoc1C(=O)N1CCC[C@H]1c1ccc2c(c1)OCCO2. The van der Waals surface area contributed by atoms with E-state index in [2.05, 4.69) is 0 Å². The minimum absolute atomic E-state index is 0.0371. The molecule has 1 saturated heterocycles. The Balaban J connectivity index is 1.63. The second-order valence-corrected chi connectivity index (χ2v) is 5.99. The van der Waals surface area contributed by atoms with Gasteiger partial charge in [-0.05, 0) is 43.5 Å². The number of aryl methyl sites for hydroxylation is 1. The minimum Gasteiger partial charge on any atom is -0.486 e. The fraction of sp³-hybridized carbons (Fsp3) is 0.389. The number of benzene rings is 1. The van der Waals surface area contributed by atoms with Crippen molar-refractivity contribution in [1.82, 2.24) is 4.90 Å². The van der Waals surface area contributed by atoms with Crippen molar-refractivity contribution in [1.29, 1.82) is 0 Å². The number of likely N-dealkylation sites (tertiary alicyclic amines) is 1. The Hall–Kier alpha value is -2.43. The van der Waals surface area contributed by atoms with Crippen LogP contribution in [0.2, 0.25) is 0 Å². The van der Waals surface area contributed by atoms with E-state index in [-0.39, 0.29) is 11.9 Å². The first kappa shape index (κ1) is 14.2. The van der Waals surface area contributed by atoms with Gasteiger partial charge in [0.05, 0.1) is 12.3 Å². The van der Waals surface area contributed by atoms with Gasteiger partial charge in [-0.15, -0.1) is 0 Å². The lowest BCUT2D eigenvalue weighted by atomic mass is 10.0.